The van der Waals surface area contributed by atoms with Gasteiger partial charge in [0, 0.05) is 13.1 Å². The van der Waals surface area contributed by atoms with Crippen LogP contribution in [0.2, 0.25) is 0 Å². The Bertz CT molecular complexity index is 589. The zero-order valence-corrected chi connectivity index (χ0v) is 10.2. The topological polar surface area (TPSA) is 90.1 Å². The first-order valence-corrected chi connectivity index (χ1v) is 5.24. The molecule has 7 heteroatoms. The third kappa shape index (κ3) is 2.15. The molecule has 0 aliphatic heterocycles. The van der Waals surface area contributed by atoms with E-state index in [1.807, 2.05) is 20.9 Å². The van der Waals surface area contributed by atoms with Crippen molar-refractivity contribution in [3.8, 4) is 11.6 Å². The Morgan fingerprint density at radius 1 is 1.33 bits per heavy atom. The van der Waals surface area contributed by atoms with Crippen molar-refractivity contribution in [3.05, 3.63) is 29.2 Å². The fourth-order valence-electron chi connectivity index (χ4n) is 1.49. The summed E-state index contributed by atoms with van der Waals surface area (Å²) in [6, 6.07) is 2.80. The lowest BCUT2D eigenvalue weighted by Crippen LogP contribution is -2.02. The van der Waals surface area contributed by atoms with E-state index in [2.05, 4.69) is 15.3 Å². The maximum absolute atomic E-state index is 10.6. The van der Waals surface area contributed by atoms with Gasteiger partial charge in [0.05, 0.1) is 5.69 Å². The molecule has 0 aromatic carbocycles. The Hall–Kier alpha value is -2.44. The zero-order valence-electron chi connectivity index (χ0n) is 10.2. The van der Waals surface area contributed by atoms with Crippen molar-refractivity contribution < 1.29 is 14.6 Å². The second-order valence-electron chi connectivity index (χ2n) is 3.79. The fourth-order valence-corrected chi connectivity index (χ4v) is 1.49. The molecule has 0 radical (unpaired) electrons. The van der Waals surface area contributed by atoms with Crippen LogP contribution in [0.15, 0.2) is 12.1 Å². The van der Waals surface area contributed by atoms with Gasteiger partial charge in [0.2, 0.25) is 5.88 Å². The third-order valence-electron chi connectivity index (χ3n) is 2.51. The minimum Gasteiger partial charge on any atom is -0.476 e. The van der Waals surface area contributed by atoms with Crippen LogP contribution < -0.4 is 4.74 Å². The van der Waals surface area contributed by atoms with Gasteiger partial charge >= 0.3 is 5.97 Å². The summed E-state index contributed by atoms with van der Waals surface area (Å²) in [5.74, 6) is -0.281. The number of hydrogen-bond acceptors (Lipinski definition) is 5. The van der Waals surface area contributed by atoms with Crippen LogP contribution in [0.5, 0.6) is 11.6 Å². The van der Waals surface area contributed by atoms with Crippen molar-refractivity contribution >= 4 is 5.97 Å². The number of ether oxygens (including phenoxy) is 1. The first-order valence-electron chi connectivity index (χ1n) is 5.24. The molecule has 7 nitrogen and oxygen atoms in total. The second-order valence-corrected chi connectivity index (χ2v) is 3.79. The smallest absolute Gasteiger partial charge is 0.356 e. The molecule has 18 heavy (non-hydrogen) atoms. The summed E-state index contributed by atoms with van der Waals surface area (Å²) >= 11 is 0. The Labute approximate surface area is 103 Å². The molecule has 0 amide bonds. The molecular weight excluding hydrogens is 236 g/mol. The highest BCUT2D eigenvalue weighted by Gasteiger charge is 2.13. The molecule has 0 saturated heterocycles. The summed E-state index contributed by atoms with van der Waals surface area (Å²) in [5.41, 5.74) is 1.47. The number of carbonyl (C=O) groups is 1. The number of aromatic nitrogens is 4. The molecule has 0 bridgehead atoms. The molecule has 1 N–H and O–H groups in total. The maximum Gasteiger partial charge on any atom is 0.356 e. The lowest BCUT2D eigenvalue weighted by atomic mass is 10.3. The molecule has 94 valence electrons. The van der Waals surface area contributed by atoms with Gasteiger partial charge in [-0.2, -0.15) is 5.10 Å². The van der Waals surface area contributed by atoms with Crippen LogP contribution in [0.25, 0.3) is 0 Å². The number of hydrogen-bond donors (Lipinski definition) is 1. The van der Waals surface area contributed by atoms with Gasteiger partial charge in [-0.05, 0) is 19.9 Å². The van der Waals surface area contributed by atoms with E-state index in [4.69, 9.17) is 9.84 Å². The SMILES string of the molecule is Cc1nn(C)c(C)c1Oc1ccc(C(=O)O)nn1. The van der Waals surface area contributed by atoms with Crippen LogP contribution >= 0.6 is 0 Å². The fraction of sp³-hybridized carbons (Fsp3) is 0.273. The van der Waals surface area contributed by atoms with Crippen molar-refractivity contribution in [1.29, 1.82) is 0 Å². The molecule has 0 fully saturated rings. The first kappa shape index (κ1) is 12.0. The van der Waals surface area contributed by atoms with E-state index in [1.165, 1.54) is 12.1 Å². The monoisotopic (exact) mass is 248 g/mol. The predicted molar refractivity (Wildman–Crippen MR) is 61.7 cm³/mol. The lowest BCUT2D eigenvalue weighted by Gasteiger charge is -2.04. The molecular formula is C11H12N4O3. The number of carboxylic acid groups (broad SMARTS) is 1. The third-order valence-corrected chi connectivity index (χ3v) is 2.51. The van der Waals surface area contributed by atoms with Crippen molar-refractivity contribution in [2.45, 2.75) is 13.8 Å². The highest BCUT2D eigenvalue weighted by atomic mass is 16.5. The van der Waals surface area contributed by atoms with E-state index in [0.717, 1.165) is 11.4 Å². The maximum atomic E-state index is 10.6. The number of rotatable bonds is 3. The Morgan fingerprint density at radius 3 is 2.50 bits per heavy atom. The standard InChI is InChI=1S/C11H12N4O3/c1-6-10(7(2)15(3)14-6)18-9-5-4-8(11(16)17)12-13-9/h4-5H,1-3H3,(H,16,17). The average molecular weight is 248 g/mol. The highest BCUT2D eigenvalue weighted by Crippen LogP contribution is 2.26. The largest absolute Gasteiger partial charge is 0.476 e. The normalized spacial score (nSPS) is 10.4. The summed E-state index contributed by atoms with van der Waals surface area (Å²) in [5, 5.41) is 20.1. The molecule has 0 atom stereocenters. The van der Waals surface area contributed by atoms with Gasteiger partial charge in [-0.3, -0.25) is 4.68 Å². The van der Waals surface area contributed by atoms with Crippen LogP contribution in [0.4, 0.5) is 0 Å². The molecule has 2 heterocycles. The van der Waals surface area contributed by atoms with Gasteiger partial charge in [-0.15, -0.1) is 10.2 Å². The predicted octanol–water partition coefficient (Wildman–Crippen LogP) is 1.32. The summed E-state index contributed by atoms with van der Waals surface area (Å²) in [7, 11) is 1.81. The molecule has 0 saturated carbocycles. The number of aryl methyl sites for hydroxylation is 2. The molecule has 0 aliphatic rings. The van der Waals surface area contributed by atoms with Crippen molar-refractivity contribution in [2.75, 3.05) is 0 Å². The van der Waals surface area contributed by atoms with Crippen LogP contribution in [0, 0.1) is 13.8 Å². The molecule has 0 unspecified atom stereocenters. The first-order chi connectivity index (χ1) is 8.49. The molecule has 2 rings (SSSR count). The summed E-state index contributed by atoms with van der Waals surface area (Å²) < 4.78 is 7.24. The van der Waals surface area contributed by atoms with Crippen molar-refractivity contribution in [1.82, 2.24) is 20.0 Å². The van der Waals surface area contributed by atoms with Gasteiger partial charge in [0.15, 0.2) is 11.4 Å². The van der Waals surface area contributed by atoms with Crippen LogP contribution in [-0.2, 0) is 7.05 Å². The van der Waals surface area contributed by atoms with Gasteiger partial charge in [0.1, 0.15) is 5.69 Å². The minimum atomic E-state index is -1.12. The summed E-state index contributed by atoms with van der Waals surface area (Å²) in [6.07, 6.45) is 0. The molecule has 0 spiro atoms. The number of aromatic carboxylic acids is 1. The molecule has 2 aromatic heterocycles. The van der Waals surface area contributed by atoms with Gasteiger partial charge in [0.25, 0.3) is 0 Å². The van der Waals surface area contributed by atoms with E-state index in [9.17, 15) is 4.79 Å². The number of nitrogens with zero attached hydrogens (tertiary/aromatic N) is 4. The van der Waals surface area contributed by atoms with Gasteiger partial charge < -0.3 is 9.84 Å². The van der Waals surface area contributed by atoms with Crippen LogP contribution in [0.1, 0.15) is 21.9 Å². The van der Waals surface area contributed by atoms with Gasteiger partial charge in [-0.1, -0.05) is 0 Å². The van der Waals surface area contributed by atoms with E-state index in [-0.39, 0.29) is 11.6 Å². The van der Waals surface area contributed by atoms with E-state index < -0.39 is 5.97 Å². The second kappa shape index (κ2) is 4.44. The van der Waals surface area contributed by atoms with E-state index >= 15 is 0 Å². The zero-order chi connectivity index (χ0) is 13.3. The molecule has 0 aliphatic carbocycles. The summed E-state index contributed by atoms with van der Waals surface area (Å²) in [6.45, 7) is 3.69. The number of carboxylic acids is 1. The highest BCUT2D eigenvalue weighted by molar-refractivity contribution is 5.84. The van der Waals surface area contributed by atoms with Crippen molar-refractivity contribution in [2.24, 2.45) is 7.05 Å². The van der Waals surface area contributed by atoms with E-state index in [0.29, 0.717) is 5.75 Å². The average Bonchev–Trinajstić information content (AvgIpc) is 2.57. The molecule has 2 aromatic rings. The summed E-state index contributed by atoms with van der Waals surface area (Å²) in [4.78, 5) is 10.6. The lowest BCUT2D eigenvalue weighted by molar-refractivity contribution is 0.0689. The quantitative estimate of drug-likeness (QED) is 0.880. The Kier molecular flexibility index (Phi) is 2.97. The Morgan fingerprint density at radius 2 is 2.06 bits per heavy atom. The van der Waals surface area contributed by atoms with Gasteiger partial charge in [-0.25, -0.2) is 4.79 Å². The minimum absolute atomic E-state index is 0.123. The Balaban J connectivity index is 2.26. The van der Waals surface area contributed by atoms with Crippen LogP contribution in [0.3, 0.4) is 0 Å². The van der Waals surface area contributed by atoms with Crippen LogP contribution in [-0.4, -0.2) is 31.1 Å². The van der Waals surface area contributed by atoms with E-state index in [1.54, 1.807) is 4.68 Å². The van der Waals surface area contributed by atoms with Crippen molar-refractivity contribution in [3.63, 3.8) is 0 Å².